The summed E-state index contributed by atoms with van der Waals surface area (Å²) >= 11 is 0. The van der Waals surface area contributed by atoms with Gasteiger partial charge in [-0.3, -0.25) is 0 Å². The molecule has 3 rings (SSSR count). The minimum atomic E-state index is -0.00130. The maximum atomic E-state index is 5.48. The van der Waals surface area contributed by atoms with Crippen molar-refractivity contribution >= 4 is 6.21 Å². The minimum absolute atomic E-state index is 0.00130. The molecule has 2 heteroatoms. The Kier molecular flexibility index (Phi) is 2.62. The number of hydrogen-bond acceptors (Lipinski definition) is 2. The van der Waals surface area contributed by atoms with Crippen molar-refractivity contribution in [2.24, 2.45) is 5.16 Å². The predicted octanol–water partition coefficient (Wildman–Crippen LogP) is 3.53. The second-order valence-corrected chi connectivity index (χ2v) is 4.13. The standard InChI is InChI=1S/C15H13NO/c1-3-7-12(8-4-1)14-11-16-17-15(14)13-9-5-2-6-10-13/h1-11,14-15H/t14-,15-/m1/s1. The number of benzene rings is 2. The lowest BCUT2D eigenvalue weighted by Crippen LogP contribution is -2.08. The third kappa shape index (κ3) is 1.94. The Bertz CT molecular complexity index is 507. The van der Waals surface area contributed by atoms with E-state index in [0.717, 1.165) is 0 Å². The molecule has 1 aliphatic heterocycles. The average Bonchev–Trinajstić information content (AvgIpc) is 2.90. The van der Waals surface area contributed by atoms with Crippen LogP contribution in [0.15, 0.2) is 65.8 Å². The van der Waals surface area contributed by atoms with Gasteiger partial charge in [0.05, 0.1) is 12.1 Å². The molecule has 17 heavy (non-hydrogen) atoms. The molecule has 0 saturated carbocycles. The summed E-state index contributed by atoms with van der Waals surface area (Å²) in [5.41, 5.74) is 2.40. The van der Waals surface area contributed by atoms with Crippen molar-refractivity contribution in [3.63, 3.8) is 0 Å². The fourth-order valence-electron chi connectivity index (χ4n) is 2.16. The Labute approximate surface area is 101 Å². The normalized spacial score (nSPS) is 22.4. The first-order valence-corrected chi connectivity index (χ1v) is 5.74. The van der Waals surface area contributed by atoms with Crippen LogP contribution >= 0.6 is 0 Å². The van der Waals surface area contributed by atoms with E-state index in [9.17, 15) is 0 Å². The van der Waals surface area contributed by atoms with Gasteiger partial charge in [-0.2, -0.15) is 0 Å². The quantitative estimate of drug-likeness (QED) is 0.763. The molecule has 0 unspecified atom stereocenters. The number of nitrogens with zero attached hydrogens (tertiary/aromatic N) is 1. The molecule has 0 aliphatic carbocycles. The predicted molar refractivity (Wildman–Crippen MR) is 67.9 cm³/mol. The van der Waals surface area contributed by atoms with E-state index in [-0.39, 0.29) is 12.0 Å². The van der Waals surface area contributed by atoms with E-state index in [1.54, 1.807) is 0 Å². The van der Waals surface area contributed by atoms with Crippen LogP contribution < -0.4 is 0 Å². The minimum Gasteiger partial charge on any atom is -0.387 e. The molecular formula is C15H13NO. The van der Waals surface area contributed by atoms with E-state index in [0.29, 0.717) is 0 Å². The summed E-state index contributed by atoms with van der Waals surface area (Å²) in [4.78, 5) is 5.48. The van der Waals surface area contributed by atoms with Gasteiger partial charge in [-0.05, 0) is 11.1 Å². The molecule has 0 bridgehead atoms. The number of hydrogen-bond donors (Lipinski definition) is 0. The molecule has 0 fully saturated rings. The molecule has 0 radical (unpaired) electrons. The zero-order valence-corrected chi connectivity index (χ0v) is 9.36. The molecule has 2 atom stereocenters. The van der Waals surface area contributed by atoms with E-state index < -0.39 is 0 Å². The van der Waals surface area contributed by atoms with Gasteiger partial charge in [-0.1, -0.05) is 65.8 Å². The first-order chi connectivity index (χ1) is 8.45. The molecule has 84 valence electrons. The van der Waals surface area contributed by atoms with Gasteiger partial charge in [-0.15, -0.1) is 0 Å². The van der Waals surface area contributed by atoms with Crippen molar-refractivity contribution in [3.05, 3.63) is 71.8 Å². The molecule has 1 aliphatic rings. The van der Waals surface area contributed by atoms with E-state index in [1.807, 2.05) is 42.6 Å². The monoisotopic (exact) mass is 223 g/mol. The lowest BCUT2D eigenvalue weighted by Gasteiger charge is -2.16. The SMILES string of the molecule is C1=NO[C@H](c2ccccc2)[C@H]1c1ccccc1. The van der Waals surface area contributed by atoms with Gasteiger partial charge in [0.15, 0.2) is 6.10 Å². The molecule has 2 aromatic rings. The van der Waals surface area contributed by atoms with Gasteiger partial charge in [0.2, 0.25) is 0 Å². The van der Waals surface area contributed by atoms with Gasteiger partial charge in [0.25, 0.3) is 0 Å². The topological polar surface area (TPSA) is 21.6 Å². The largest absolute Gasteiger partial charge is 0.387 e. The van der Waals surface area contributed by atoms with Crippen LogP contribution in [-0.4, -0.2) is 6.21 Å². The van der Waals surface area contributed by atoms with Gasteiger partial charge in [0.1, 0.15) is 0 Å². The molecule has 1 heterocycles. The van der Waals surface area contributed by atoms with Crippen molar-refractivity contribution in [2.45, 2.75) is 12.0 Å². The highest BCUT2D eigenvalue weighted by Gasteiger charge is 2.29. The summed E-state index contributed by atoms with van der Waals surface area (Å²) < 4.78 is 0. The highest BCUT2D eigenvalue weighted by atomic mass is 16.6. The van der Waals surface area contributed by atoms with E-state index in [1.165, 1.54) is 11.1 Å². The van der Waals surface area contributed by atoms with Crippen molar-refractivity contribution in [2.75, 3.05) is 0 Å². The summed E-state index contributed by atoms with van der Waals surface area (Å²) in [6, 6.07) is 20.6. The molecule has 0 amide bonds. The van der Waals surface area contributed by atoms with E-state index >= 15 is 0 Å². The number of rotatable bonds is 2. The second-order valence-electron chi connectivity index (χ2n) is 4.13. The zero-order valence-electron chi connectivity index (χ0n) is 9.36. The molecule has 0 spiro atoms. The molecule has 0 N–H and O–H groups in total. The molecule has 2 nitrogen and oxygen atoms in total. The smallest absolute Gasteiger partial charge is 0.164 e. The fraction of sp³-hybridized carbons (Fsp3) is 0.133. The summed E-state index contributed by atoms with van der Waals surface area (Å²) in [6.07, 6.45) is 1.88. The van der Waals surface area contributed by atoms with E-state index in [4.69, 9.17) is 4.84 Å². The summed E-state index contributed by atoms with van der Waals surface area (Å²) in [7, 11) is 0. The van der Waals surface area contributed by atoms with Gasteiger partial charge in [0, 0.05) is 0 Å². The highest BCUT2D eigenvalue weighted by Crippen LogP contribution is 2.36. The average molecular weight is 223 g/mol. The lowest BCUT2D eigenvalue weighted by molar-refractivity contribution is 0.0763. The van der Waals surface area contributed by atoms with Crippen LogP contribution in [0.4, 0.5) is 0 Å². The maximum Gasteiger partial charge on any atom is 0.164 e. The van der Waals surface area contributed by atoms with Crippen molar-refractivity contribution in [3.8, 4) is 0 Å². The summed E-state index contributed by atoms with van der Waals surface area (Å²) in [6.45, 7) is 0. The Hall–Kier alpha value is -2.09. The third-order valence-electron chi connectivity index (χ3n) is 3.03. The second kappa shape index (κ2) is 4.42. The van der Waals surface area contributed by atoms with Gasteiger partial charge < -0.3 is 4.84 Å². The Morgan fingerprint density at radius 2 is 1.35 bits per heavy atom. The third-order valence-corrected chi connectivity index (χ3v) is 3.03. The molecule has 0 aromatic heterocycles. The van der Waals surface area contributed by atoms with Crippen LogP contribution in [0.2, 0.25) is 0 Å². The fourth-order valence-corrected chi connectivity index (χ4v) is 2.16. The van der Waals surface area contributed by atoms with Crippen molar-refractivity contribution in [1.29, 1.82) is 0 Å². The van der Waals surface area contributed by atoms with Crippen LogP contribution in [-0.2, 0) is 4.84 Å². The molecule has 0 saturated heterocycles. The van der Waals surface area contributed by atoms with Crippen LogP contribution in [0.25, 0.3) is 0 Å². The highest BCUT2D eigenvalue weighted by molar-refractivity contribution is 5.70. The van der Waals surface area contributed by atoms with Gasteiger partial charge >= 0.3 is 0 Å². The first kappa shape index (κ1) is 10.1. The summed E-state index contributed by atoms with van der Waals surface area (Å²) in [5.74, 6) is 0.207. The lowest BCUT2D eigenvalue weighted by atomic mass is 9.91. The molecular weight excluding hydrogens is 210 g/mol. The van der Waals surface area contributed by atoms with Crippen molar-refractivity contribution < 1.29 is 4.84 Å². The first-order valence-electron chi connectivity index (χ1n) is 5.74. The Morgan fingerprint density at radius 1 is 0.765 bits per heavy atom. The van der Waals surface area contributed by atoms with Crippen LogP contribution in [0.3, 0.4) is 0 Å². The van der Waals surface area contributed by atoms with Gasteiger partial charge in [-0.25, -0.2) is 0 Å². The zero-order chi connectivity index (χ0) is 11.5. The maximum absolute atomic E-state index is 5.48. The van der Waals surface area contributed by atoms with Crippen LogP contribution in [0.1, 0.15) is 23.1 Å². The Morgan fingerprint density at radius 3 is 2.00 bits per heavy atom. The summed E-state index contributed by atoms with van der Waals surface area (Å²) in [5, 5.41) is 3.97. The molecule has 2 aromatic carbocycles. The number of oxime groups is 1. The van der Waals surface area contributed by atoms with Crippen LogP contribution in [0, 0.1) is 0 Å². The van der Waals surface area contributed by atoms with E-state index in [2.05, 4.69) is 29.4 Å². The van der Waals surface area contributed by atoms with Crippen LogP contribution in [0.5, 0.6) is 0 Å². The van der Waals surface area contributed by atoms with Crippen molar-refractivity contribution in [1.82, 2.24) is 0 Å². The Balaban J connectivity index is 1.93.